The smallest absolute Gasteiger partial charge is 0.379 e. The summed E-state index contributed by atoms with van der Waals surface area (Å²) in [6, 6.07) is 4.52. The highest BCUT2D eigenvalue weighted by Gasteiger charge is 2.29. The van der Waals surface area contributed by atoms with Crippen LogP contribution in [0.5, 0.6) is 0 Å². The van der Waals surface area contributed by atoms with Crippen molar-refractivity contribution in [3.05, 3.63) is 35.4 Å². The third-order valence-electron chi connectivity index (χ3n) is 3.11. The first kappa shape index (κ1) is 16.4. The number of hydrogen-bond acceptors (Lipinski definition) is 4. The molecule has 120 valence electrons. The third kappa shape index (κ3) is 5.12. The molecule has 2 rings (SSSR count). The summed E-state index contributed by atoms with van der Waals surface area (Å²) in [6.07, 6.45) is -3.06. The van der Waals surface area contributed by atoms with Gasteiger partial charge in [0.25, 0.3) is 5.91 Å². The number of rotatable bonds is 4. The summed E-state index contributed by atoms with van der Waals surface area (Å²) in [5.41, 5.74) is 2.10. The van der Waals surface area contributed by atoms with E-state index in [-0.39, 0.29) is 12.5 Å². The van der Waals surface area contributed by atoms with Gasteiger partial charge in [-0.3, -0.25) is 9.69 Å². The zero-order valence-corrected chi connectivity index (χ0v) is 11.8. The Morgan fingerprint density at radius 1 is 1.27 bits per heavy atom. The predicted octanol–water partition coefficient (Wildman–Crippen LogP) is 1.49. The van der Waals surface area contributed by atoms with Gasteiger partial charge in [-0.25, -0.2) is 5.43 Å². The zero-order valence-electron chi connectivity index (χ0n) is 11.8. The molecule has 22 heavy (non-hydrogen) atoms. The zero-order chi connectivity index (χ0) is 16.0. The van der Waals surface area contributed by atoms with Crippen molar-refractivity contribution in [1.82, 2.24) is 10.3 Å². The highest BCUT2D eigenvalue weighted by atomic mass is 19.4. The first-order chi connectivity index (χ1) is 10.4. The van der Waals surface area contributed by atoms with E-state index in [9.17, 15) is 18.0 Å². The number of halogens is 3. The predicted molar refractivity (Wildman–Crippen MR) is 74.4 cm³/mol. The summed E-state index contributed by atoms with van der Waals surface area (Å²) in [5.74, 6) is -0.273. The van der Waals surface area contributed by atoms with Gasteiger partial charge in [-0.1, -0.05) is 12.1 Å². The molecule has 0 spiro atoms. The molecule has 0 atom stereocenters. The minimum Gasteiger partial charge on any atom is -0.379 e. The van der Waals surface area contributed by atoms with Gasteiger partial charge in [-0.2, -0.15) is 18.3 Å². The number of alkyl halides is 3. The van der Waals surface area contributed by atoms with Gasteiger partial charge in [0.05, 0.1) is 31.5 Å². The van der Waals surface area contributed by atoms with Crippen LogP contribution in [0.15, 0.2) is 29.4 Å². The summed E-state index contributed by atoms with van der Waals surface area (Å²) < 4.78 is 42.4. The molecule has 5 nitrogen and oxygen atoms in total. The summed E-state index contributed by atoms with van der Waals surface area (Å²) in [7, 11) is 0. The molecule has 1 N–H and O–H groups in total. The molecule has 1 aromatic carbocycles. The van der Waals surface area contributed by atoms with Crippen molar-refractivity contribution in [3.8, 4) is 0 Å². The Kier molecular flexibility index (Phi) is 5.51. The first-order valence-electron chi connectivity index (χ1n) is 6.74. The van der Waals surface area contributed by atoms with Crippen LogP contribution in [0, 0.1) is 0 Å². The molecular weight excluding hydrogens is 299 g/mol. The van der Waals surface area contributed by atoms with E-state index in [1.165, 1.54) is 18.3 Å². The maximum Gasteiger partial charge on any atom is 0.416 e. The van der Waals surface area contributed by atoms with Gasteiger partial charge in [-0.05, 0) is 17.7 Å². The van der Waals surface area contributed by atoms with Crippen LogP contribution in [0.3, 0.4) is 0 Å². The van der Waals surface area contributed by atoms with Crippen molar-refractivity contribution in [2.75, 3.05) is 32.8 Å². The normalized spacial score (nSPS) is 16.9. The summed E-state index contributed by atoms with van der Waals surface area (Å²) in [4.78, 5) is 13.6. The number of carbonyl (C=O) groups is 1. The number of nitrogens with zero attached hydrogens (tertiary/aromatic N) is 2. The Bertz CT molecular complexity index is 523. The van der Waals surface area contributed by atoms with Crippen molar-refractivity contribution >= 4 is 12.1 Å². The largest absolute Gasteiger partial charge is 0.416 e. The second-order valence-electron chi connectivity index (χ2n) is 4.80. The molecule has 1 saturated heterocycles. The van der Waals surface area contributed by atoms with E-state index >= 15 is 0 Å². The van der Waals surface area contributed by atoms with Crippen molar-refractivity contribution in [1.29, 1.82) is 0 Å². The second kappa shape index (κ2) is 7.37. The van der Waals surface area contributed by atoms with E-state index in [2.05, 4.69) is 10.5 Å². The molecule has 1 aromatic rings. The number of hydrogen-bond donors (Lipinski definition) is 1. The van der Waals surface area contributed by atoms with Crippen LogP contribution in [0.2, 0.25) is 0 Å². The Hall–Kier alpha value is -1.93. The Morgan fingerprint density at radius 2 is 1.91 bits per heavy atom. The molecule has 8 heteroatoms. The van der Waals surface area contributed by atoms with Gasteiger partial charge in [0, 0.05) is 13.1 Å². The van der Waals surface area contributed by atoms with Gasteiger partial charge in [0.15, 0.2) is 0 Å². The Morgan fingerprint density at radius 3 is 2.50 bits per heavy atom. The van der Waals surface area contributed by atoms with Crippen molar-refractivity contribution in [2.45, 2.75) is 6.18 Å². The van der Waals surface area contributed by atoms with E-state index in [4.69, 9.17) is 4.74 Å². The Labute approximate surface area is 125 Å². The summed E-state index contributed by atoms with van der Waals surface area (Å²) >= 11 is 0. The van der Waals surface area contributed by atoms with E-state index in [1.807, 2.05) is 4.90 Å². The van der Waals surface area contributed by atoms with Crippen LogP contribution in [-0.2, 0) is 15.7 Å². The highest BCUT2D eigenvalue weighted by molar-refractivity contribution is 5.83. The van der Waals surface area contributed by atoms with Gasteiger partial charge < -0.3 is 4.74 Å². The maximum atomic E-state index is 12.4. The Balaban J connectivity index is 1.80. The average Bonchev–Trinajstić information content (AvgIpc) is 2.48. The molecule has 0 unspecified atom stereocenters. The quantitative estimate of drug-likeness (QED) is 0.676. The molecule has 0 bridgehead atoms. The molecule has 1 amide bonds. The van der Waals surface area contributed by atoms with E-state index < -0.39 is 11.7 Å². The van der Waals surface area contributed by atoms with Gasteiger partial charge in [0.1, 0.15) is 0 Å². The van der Waals surface area contributed by atoms with Crippen molar-refractivity contribution in [3.63, 3.8) is 0 Å². The van der Waals surface area contributed by atoms with E-state index in [0.717, 1.165) is 12.1 Å². The van der Waals surface area contributed by atoms with Crippen molar-refractivity contribution < 1.29 is 22.7 Å². The fourth-order valence-electron chi connectivity index (χ4n) is 1.93. The minimum absolute atomic E-state index is 0.216. The van der Waals surface area contributed by atoms with E-state index in [0.29, 0.717) is 31.9 Å². The number of benzene rings is 1. The molecule has 1 heterocycles. The van der Waals surface area contributed by atoms with E-state index in [1.54, 1.807) is 0 Å². The topological polar surface area (TPSA) is 53.9 Å². The fraction of sp³-hybridized carbons (Fsp3) is 0.429. The number of hydrazone groups is 1. The number of amides is 1. The van der Waals surface area contributed by atoms with Gasteiger partial charge >= 0.3 is 6.18 Å². The molecule has 0 saturated carbocycles. The van der Waals surface area contributed by atoms with Crippen LogP contribution >= 0.6 is 0 Å². The van der Waals surface area contributed by atoms with Crippen LogP contribution in [-0.4, -0.2) is 49.9 Å². The minimum atomic E-state index is -4.36. The summed E-state index contributed by atoms with van der Waals surface area (Å²) in [6.45, 7) is 2.80. The number of ether oxygens (including phenoxy) is 1. The molecule has 1 aliphatic rings. The van der Waals surface area contributed by atoms with Crippen molar-refractivity contribution in [2.24, 2.45) is 5.10 Å². The fourth-order valence-corrected chi connectivity index (χ4v) is 1.93. The highest BCUT2D eigenvalue weighted by Crippen LogP contribution is 2.28. The summed E-state index contributed by atoms with van der Waals surface area (Å²) in [5, 5.41) is 3.74. The first-order valence-corrected chi connectivity index (χ1v) is 6.74. The van der Waals surface area contributed by atoms with Gasteiger partial charge in [-0.15, -0.1) is 0 Å². The molecule has 0 aliphatic carbocycles. The molecule has 1 fully saturated rings. The number of carbonyl (C=O) groups excluding carboxylic acids is 1. The molecule has 0 aromatic heterocycles. The average molecular weight is 315 g/mol. The lowest BCUT2D eigenvalue weighted by molar-refractivity contribution is -0.137. The van der Waals surface area contributed by atoms with Crippen LogP contribution in [0.1, 0.15) is 11.1 Å². The number of morpholine rings is 1. The SMILES string of the molecule is O=C(CN1CCOCC1)N/N=C/c1ccc(C(F)(F)F)cc1. The lowest BCUT2D eigenvalue weighted by Gasteiger charge is -2.25. The monoisotopic (exact) mass is 315 g/mol. The number of nitrogens with one attached hydrogen (secondary N) is 1. The van der Waals surface area contributed by atoms with Crippen LogP contribution < -0.4 is 5.43 Å². The maximum absolute atomic E-state index is 12.4. The van der Waals surface area contributed by atoms with Crippen LogP contribution in [0.4, 0.5) is 13.2 Å². The van der Waals surface area contributed by atoms with Crippen LogP contribution in [0.25, 0.3) is 0 Å². The lowest BCUT2D eigenvalue weighted by Crippen LogP contribution is -2.42. The standard InChI is InChI=1S/C14H16F3N3O2/c15-14(16,17)12-3-1-11(2-4-12)9-18-19-13(21)10-20-5-7-22-8-6-20/h1-4,9H,5-8,10H2,(H,19,21)/b18-9+. The lowest BCUT2D eigenvalue weighted by atomic mass is 10.1. The van der Waals surface area contributed by atoms with Gasteiger partial charge in [0.2, 0.25) is 0 Å². The third-order valence-corrected chi connectivity index (χ3v) is 3.11. The molecule has 0 radical (unpaired) electrons. The second-order valence-corrected chi connectivity index (χ2v) is 4.80. The molecular formula is C14H16F3N3O2. The molecule has 1 aliphatic heterocycles.